The van der Waals surface area contributed by atoms with Crippen LogP contribution in [-0.4, -0.2) is 29.6 Å². The minimum absolute atomic E-state index is 0. The van der Waals surface area contributed by atoms with Gasteiger partial charge in [0, 0.05) is 0 Å². The Morgan fingerprint density at radius 1 is 0.833 bits per heavy atom. The molecule has 0 heterocycles. The van der Waals surface area contributed by atoms with Crippen LogP contribution in [0.1, 0.15) is 0 Å². The van der Waals surface area contributed by atoms with Crippen LogP contribution in [0.5, 0.6) is 0 Å². The number of rotatable bonds is 4. The van der Waals surface area contributed by atoms with Crippen LogP contribution >= 0.6 is 23.5 Å². The fourth-order valence-corrected chi connectivity index (χ4v) is 2.82. The summed E-state index contributed by atoms with van der Waals surface area (Å²) in [5.41, 5.74) is 0. The van der Waals surface area contributed by atoms with Gasteiger partial charge in [-0.05, 0) is 0 Å². The Kier molecular flexibility index (Phi) is 12.5. The normalized spacial score (nSPS) is 11.8. The molecule has 0 aromatic rings. The molecule has 0 aromatic heterocycles. The van der Waals surface area contributed by atoms with Crippen LogP contribution in [0.3, 0.4) is 0 Å². The summed E-state index contributed by atoms with van der Waals surface area (Å²) in [6, 6.07) is 0. The standard InChI is InChI=1S/K.NO3.H5O10P3/c;2-1(3)4;1-11(2,3)9-13(7,8)10-12(4,5)6/h;;(H,7,8)(H2,1,2,3)(H2,4,5,6)/q+1;-1;. The van der Waals surface area contributed by atoms with Crippen molar-refractivity contribution in [1.29, 1.82) is 0 Å². The molecule has 14 nitrogen and oxygen atoms in total. The van der Waals surface area contributed by atoms with E-state index in [0.717, 1.165) is 0 Å². The van der Waals surface area contributed by atoms with E-state index in [0.29, 0.717) is 0 Å². The number of hydrogen-bond donors (Lipinski definition) is 5. The molecule has 0 saturated heterocycles. The average molecular weight is 359 g/mol. The fourth-order valence-electron chi connectivity index (χ4n) is 0.284. The molecule has 0 spiro atoms. The predicted octanol–water partition coefficient (Wildman–Crippen LogP) is -3.93. The molecule has 104 valence electrons. The van der Waals surface area contributed by atoms with Gasteiger partial charge in [0.05, 0.1) is 5.09 Å². The second-order valence-electron chi connectivity index (χ2n) is 1.84. The molecule has 0 fully saturated rings. The van der Waals surface area contributed by atoms with Gasteiger partial charge in [0.1, 0.15) is 0 Å². The van der Waals surface area contributed by atoms with E-state index in [1.807, 2.05) is 0 Å². The average Bonchev–Trinajstić information content (AvgIpc) is 1.68. The van der Waals surface area contributed by atoms with Gasteiger partial charge in [0.15, 0.2) is 0 Å². The van der Waals surface area contributed by atoms with Gasteiger partial charge in [0.25, 0.3) is 0 Å². The Morgan fingerprint density at radius 3 is 1.11 bits per heavy atom. The maximum atomic E-state index is 10.4. The summed E-state index contributed by atoms with van der Waals surface area (Å²) in [6.45, 7) is 0. The van der Waals surface area contributed by atoms with Crippen LogP contribution in [0, 0.1) is 15.3 Å². The van der Waals surface area contributed by atoms with Crippen LogP contribution < -0.4 is 51.4 Å². The molecule has 0 aliphatic heterocycles. The quantitative estimate of drug-likeness (QED) is 0.140. The first-order valence-corrected chi connectivity index (χ1v) is 7.38. The fraction of sp³-hybridized carbons (Fsp3) is 0. The Labute approximate surface area is 141 Å². The summed E-state index contributed by atoms with van der Waals surface area (Å²) in [4.78, 5) is 48.5. The monoisotopic (exact) mass is 359 g/mol. The number of hydrogen-bond acceptors (Lipinski definition) is 8. The SMILES string of the molecule is O=P(O)(O)OP(=O)(O)OP(=O)(O)O.O=[N+]([O-])[O-].[K+]. The summed E-state index contributed by atoms with van der Waals surface area (Å²) in [5, 5.41) is 14.8. The minimum atomic E-state index is -5.46. The molecular formula is H5KNO13P3. The first-order valence-electron chi connectivity index (χ1n) is 2.83. The Morgan fingerprint density at radius 2 is 1.00 bits per heavy atom. The van der Waals surface area contributed by atoms with Crippen molar-refractivity contribution in [2.24, 2.45) is 0 Å². The van der Waals surface area contributed by atoms with E-state index in [1.54, 1.807) is 0 Å². The Bertz CT molecular complexity index is 355. The van der Waals surface area contributed by atoms with E-state index in [2.05, 4.69) is 8.62 Å². The molecule has 0 unspecified atom stereocenters. The van der Waals surface area contributed by atoms with Gasteiger partial charge < -0.3 is 39.8 Å². The van der Waals surface area contributed by atoms with Crippen LogP contribution in [0.15, 0.2) is 0 Å². The molecule has 0 bridgehead atoms. The van der Waals surface area contributed by atoms with Gasteiger partial charge in [-0.1, -0.05) is 0 Å². The molecular weight excluding hydrogens is 354 g/mol. The topological polar surface area (TPSA) is 237 Å². The third kappa shape index (κ3) is 25.9. The second kappa shape index (κ2) is 9.23. The van der Waals surface area contributed by atoms with Gasteiger partial charge in [0.2, 0.25) is 0 Å². The van der Waals surface area contributed by atoms with Crippen molar-refractivity contribution in [3.8, 4) is 0 Å². The molecule has 18 heavy (non-hydrogen) atoms. The van der Waals surface area contributed by atoms with Crippen LogP contribution in [0.25, 0.3) is 0 Å². The van der Waals surface area contributed by atoms with Crippen LogP contribution in [-0.2, 0) is 22.3 Å². The van der Waals surface area contributed by atoms with Crippen molar-refractivity contribution in [3.05, 3.63) is 15.3 Å². The first kappa shape index (κ1) is 24.3. The van der Waals surface area contributed by atoms with Crippen molar-refractivity contribution in [2.45, 2.75) is 0 Å². The van der Waals surface area contributed by atoms with Gasteiger partial charge in [-0.3, -0.25) is 0 Å². The van der Waals surface area contributed by atoms with E-state index in [9.17, 15) is 13.7 Å². The van der Waals surface area contributed by atoms with Crippen molar-refractivity contribution in [3.63, 3.8) is 0 Å². The van der Waals surface area contributed by atoms with Gasteiger partial charge in [-0.25, -0.2) is 13.7 Å². The van der Waals surface area contributed by atoms with Gasteiger partial charge >= 0.3 is 74.9 Å². The van der Waals surface area contributed by atoms with E-state index in [-0.39, 0.29) is 51.4 Å². The third-order valence-electron chi connectivity index (χ3n) is 0.419. The summed E-state index contributed by atoms with van der Waals surface area (Å²) in [5.74, 6) is 0. The van der Waals surface area contributed by atoms with E-state index >= 15 is 0 Å². The molecule has 0 aromatic carbocycles. The van der Waals surface area contributed by atoms with Crippen LogP contribution in [0.4, 0.5) is 0 Å². The zero-order valence-electron chi connectivity index (χ0n) is 8.29. The minimum Gasteiger partial charge on any atom is -0.356 e. The Balaban J connectivity index is -0.000000392. The zero-order valence-corrected chi connectivity index (χ0v) is 14.1. The maximum absolute atomic E-state index is 10.4. The number of nitrogens with zero attached hydrogens (tertiary/aromatic N) is 1. The molecule has 0 aliphatic rings. The molecule has 18 heteroatoms. The smallest absolute Gasteiger partial charge is 0.356 e. The maximum Gasteiger partial charge on any atom is 1.00 e. The molecule has 5 N–H and O–H groups in total. The van der Waals surface area contributed by atoms with Crippen molar-refractivity contribution in [2.75, 3.05) is 0 Å². The summed E-state index contributed by atoms with van der Waals surface area (Å²) in [7, 11) is -16.2. The van der Waals surface area contributed by atoms with Crippen molar-refractivity contribution < 1.29 is 103 Å². The third-order valence-corrected chi connectivity index (χ3v) is 3.77. The summed E-state index contributed by atoms with van der Waals surface area (Å²) < 4.78 is 36.4. The van der Waals surface area contributed by atoms with E-state index < -0.39 is 28.6 Å². The number of phosphoric acid groups is 3. The van der Waals surface area contributed by atoms with Crippen LogP contribution in [0.2, 0.25) is 0 Å². The van der Waals surface area contributed by atoms with Crippen molar-refractivity contribution in [1.82, 2.24) is 0 Å². The zero-order chi connectivity index (χ0) is 14.5. The second-order valence-corrected chi connectivity index (χ2v) is 6.04. The molecule has 0 saturated carbocycles. The Hall–Kier alpha value is 1.25. The van der Waals surface area contributed by atoms with Gasteiger partial charge in [-0.2, -0.15) is 8.62 Å². The molecule has 0 amide bonds. The molecule has 0 rings (SSSR count). The summed E-state index contributed by atoms with van der Waals surface area (Å²) >= 11 is 0. The predicted molar refractivity (Wildman–Crippen MR) is 46.4 cm³/mol. The first-order chi connectivity index (χ1) is 7.15. The van der Waals surface area contributed by atoms with E-state index in [1.165, 1.54) is 0 Å². The molecule has 0 atom stereocenters. The van der Waals surface area contributed by atoms with Gasteiger partial charge in [-0.15, -0.1) is 0 Å². The largest absolute Gasteiger partial charge is 1.00 e. The molecule has 0 aliphatic carbocycles. The molecule has 0 radical (unpaired) electrons. The summed E-state index contributed by atoms with van der Waals surface area (Å²) in [6.07, 6.45) is 0. The van der Waals surface area contributed by atoms with E-state index in [4.69, 9.17) is 39.8 Å². The van der Waals surface area contributed by atoms with Crippen molar-refractivity contribution >= 4 is 23.5 Å².